The average molecular weight is 327 g/mol. The van der Waals surface area contributed by atoms with E-state index in [1.165, 1.54) is 30.4 Å². The number of nitrogens with zero attached hydrogens (tertiary/aromatic N) is 1. The van der Waals surface area contributed by atoms with Crippen LogP contribution in [-0.2, 0) is 14.8 Å². The van der Waals surface area contributed by atoms with E-state index in [1.54, 1.807) is 0 Å². The minimum Gasteiger partial charge on any atom is -0.481 e. The van der Waals surface area contributed by atoms with Crippen molar-refractivity contribution in [1.29, 1.82) is 5.26 Å². The van der Waals surface area contributed by atoms with Crippen molar-refractivity contribution in [3.8, 4) is 6.07 Å². The minimum atomic E-state index is -3.88. The topological polar surface area (TPSA) is 107 Å². The lowest BCUT2D eigenvalue weighted by Crippen LogP contribution is -2.33. The van der Waals surface area contributed by atoms with Gasteiger partial charge in [-0.1, -0.05) is 23.8 Å². The average Bonchev–Trinajstić information content (AvgIpc) is 2.86. The number of aliphatic carboxylic acids is 1. The maximum atomic E-state index is 12.2. The van der Waals surface area contributed by atoms with Gasteiger partial charge in [0.25, 0.3) is 0 Å². The maximum absolute atomic E-state index is 12.2. The van der Waals surface area contributed by atoms with Gasteiger partial charge in [0.05, 0.1) is 22.6 Å². The highest BCUT2D eigenvalue weighted by molar-refractivity contribution is 7.89. The van der Waals surface area contributed by atoms with Gasteiger partial charge in [-0.3, -0.25) is 4.79 Å². The molecule has 21 heavy (non-hydrogen) atoms. The molecule has 0 fully saturated rings. The van der Waals surface area contributed by atoms with Crippen LogP contribution in [0.25, 0.3) is 0 Å². The molecule has 0 saturated carbocycles. The number of hydrogen-bond acceptors (Lipinski definition) is 4. The predicted octanol–water partition coefficient (Wildman–Crippen LogP) is 1.52. The van der Waals surface area contributed by atoms with Gasteiger partial charge < -0.3 is 5.11 Å². The number of nitrogens with one attached hydrogen (secondary N) is 1. The molecule has 1 aromatic rings. The first-order valence-corrected chi connectivity index (χ1v) is 7.82. The Labute approximate surface area is 126 Å². The van der Waals surface area contributed by atoms with Gasteiger partial charge in [-0.15, -0.1) is 0 Å². The van der Waals surface area contributed by atoms with E-state index in [0.29, 0.717) is 0 Å². The van der Waals surface area contributed by atoms with E-state index < -0.39 is 28.0 Å². The molecule has 2 N–H and O–H groups in total. The highest BCUT2D eigenvalue weighted by Crippen LogP contribution is 2.25. The summed E-state index contributed by atoms with van der Waals surface area (Å²) in [6.45, 7) is 0. The van der Waals surface area contributed by atoms with Crippen molar-refractivity contribution in [1.82, 2.24) is 4.72 Å². The van der Waals surface area contributed by atoms with Gasteiger partial charge in [-0.05, 0) is 24.6 Å². The van der Waals surface area contributed by atoms with Crippen LogP contribution in [0.1, 0.15) is 12.0 Å². The lowest BCUT2D eigenvalue weighted by molar-refractivity contribution is -0.140. The number of benzene rings is 1. The number of carboxylic acids is 1. The lowest BCUT2D eigenvalue weighted by Gasteiger charge is -2.13. The molecular weight excluding hydrogens is 316 g/mol. The summed E-state index contributed by atoms with van der Waals surface area (Å²) in [7, 11) is -3.88. The molecule has 0 spiro atoms. The van der Waals surface area contributed by atoms with Gasteiger partial charge in [0, 0.05) is 6.04 Å². The maximum Gasteiger partial charge on any atom is 0.310 e. The molecule has 0 aromatic heterocycles. The van der Waals surface area contributed by atoms with Gasteiger partial charge in [-0.25, -0.2) is 13.1 Å². The van der Waals surface area contributed by atoms with Crippen LogP contribution < -0.4 is 4.72 Å². The highest BCUT2D eigenvalue weighted by Gasteiger charge is 2.28. The molecule has 110 valence electrons. The van der Waals surface area contributed by atoms with Crippen molar-refractivity contribution in [3.63, 3.8) is 0 Å². The van der Waals surface area contributed by atoms with E-state index in [9.17, 15) is 13.2 Å². The smallest absolute Gasteiger partial charge is 0.310 e. The quantitative estimate of drug-likeness (QED) is 0.816. The normalized spacial score (nSPS) is 21.1. The molecule has 0 heterocycles. The van der Waals surface area contributed by atoms with Crippen LogP contribution >= 0.6 is 11.6 Å². The SMILES string of the molecule is N#Cc1ccc(S(=O)(=O)NC2C=CC(C(=O)O)C2)c(Cl)c1. The van der Waals surface area contributed by atoms with E-state index in [4.69, 9.17) is 22.0 Å². The summed E-state index contributed by atoms with van der Waals surface area (Å²) >= 11 is 5.87. The third kappa shape index (κ3) is 3.42. The highest BCUT2D eigenvalue weighted by atomic mass is 35.5. The number of halogens is 1. The number of rotatable bonds is 4. The molecule has 1 aliphatic rings. The van der Waals surface area contributed by atoms with Crippen LogP contribution in [0.5, 0.6) is 0 Å². The minimum absolute atomic E-state index is 0.0571. The Balaban J connectivity index is 2.19. The Morgan fingerprint density at radius 1 is 1.43 bits per heavy atom. The molecule has 2 unspecified atom stereocenters. The van der Waals surface area contributed by atoms with Crippen molar-refractivity contribution in [2.75, 3.05) is 0 Å². The molecule has 0 radical (unpaired) electrons. The van der Waals surface area contributed by atoms with Gasteiger partial charge in [0.2, 0.25) is 10.0 Å². The molecule has 2 rings (SSSR count). The zero-order chi connectivity index (χ0) is 15.6. The van der Waals surface area contributed by atoms with Crippen molar-refractivity contribution in [2.45, 2.75) is 17.4 Å². The largest absolute Gasteiger partial charge is 0.481 e. The fourth-order valence-corrected chi connectivity index (χ4v) is 3.77. The first kappa shape index (κ1) is 15.5. The molecule has 2 atom stereocenters. The third-order valence-corrected chi connectivity index (χ3v) is 5.03. The number of carboxylic acid groups (broad SMARTS) is 1. The standard InChI is InChI=1S/C13H11ClN2O4S/c14-11-5-8(7-15)1-4-12(11)21(19,20)16-10-3-2-9(6-10)13(17)18/h1-5,9-10,16H,6H2,(H,17,18). The van der Waals surface area contributed by atoms with Gasteiger partial charge in [0.1, 0.15) is 4.90 Å². The predicted molar refractivity (Wildman–Crippen MR) is 75.2 cm³/mol. The van der Waals surface area contributed by atoms with Crippen LogP contribution in [0, 0.1) is 17.2 Å². The van der Waals surface area contributed by atoms with Gasteiger partial charge >= 0.3 is 5.97 Å². The molecule has 0 bridgehead atoms. The van der Waals surface area contributed by atoms with E-state index in [1.807, 2.05) is 6.07 Å². The molecule has 0 aliphatic heterocycles. The van der Waals surface area contributed by atoms with Crippen LogP contribution in [0.15, 0.2) is 35.2 Å². The molecule has 8 heteroatoms. The molecule has 1 aromatic carbocycles. The molecular formula is C13H11ClN2O4S. The first-order valence-electron chi connectivity index (χ1n) is 5.96. The van der Waals surface area contributed by atoms with E-state index in [0.717, 1.165) is 0 Å². The summed E-state index contributed by atoms with van der Waals surface area (Å²) in [6.07, 6.45) is 3.12. The Morgan fingerprint density at radius 3 is 2.67 bits per heavy atom. The molecule has 0 amide bonds. The summed E-state index contributed by atoms with van der Waals surface area (Å²) in [5, 5.41) is 17.5. The number of nitriles is 1. The van der Waals surface area contributed by atoms with E-state index in [2.05, 4.69) is 4.72 Å². The summed E-state index contributed by atoms with van der Waals surface area (Å²) in [5.74, 6) is -1.70. The third-order valence-electron chi connectivity index (χ3n) is 3.06. The monoisotopic (exact) mass is 326 g/mol. The second-order valence-corrected chi connectivity index (χ2v) is 6.64. The van der Waals surface area contributed by atoms with Crippen molar-refractivity contribution in [2.24, 2.45) is 5.92 Å². The Morgan fingerprint density at radius 2 is 2.14 bits per heavy atom. The molecule has 1 aliphatic carbocycles. The molecule has 0 saturated heterocycles. The Hall–Kier alpha value is -1.88. The fourth-order valence-electron chi connectivity index (χ4n) is 2.02. The Kier molecular flexibility index (Phi) is 4.32. The number of carbonyl (C=O) groups is 1. The van der Waals surface area contributed by atoms with Crippen molar-refractivity contribution >= 4 is 27.6 Å². The van der Waals surface area contributed by atoms with E-state index in [-0.39, 0.29) is 21.9 Å². The van der Waals surface area contributed by atoms with Crippen LogP contribution in [0.3, 0.4) is 0 Å². The number of sulfonamides is 1. The summed E-state index contributed by atoms with van der Waals surface area (Å²) < 4.78 is 26.8. The first-order chi connectivity index (χ1) is 9.83. The second kappa shape index (κ2) is 5.85. The lowest BCUT2D eigenvalue weighted by atomic mass is 10.1. The van der Waals surface area contributed by atoms with Crippen molar-refractivity contribution < 1.29 is 18.3 Å². The van der Waals surface area contributed by atoms with Crippen LogP contribution in [0.4, 0.5) is 0 Å². The van der Waals surface area contributed by atoms with E-state index >= 15 is 0 Å². The zero-order valence-corrected chi connectivity index (χ0v) is 12.2. The van der Waals surface area contributed by atoms with Gasteiger partial charge in [-0.2, -0.15) is 5.26 Å². The molecule has 6 nitrogen and oxygen atoms in total. The van der Waals surface area contributed by atoms with Crippen LogP contribution in [-0.4, -0.2) is 25.5 Å². The van der Waals surface area contributed by atoms with Crippen LogP contribution in [0.2, 0.25) is 5.02 Å². The zero-order valence-electron chi connectivity index (χ0n) is 10.7. The Bertz CT molecular complexity index is 752. The summed E-state index contributed by atoms with van der Waals surface area (Å²) in [6, 6.07) is 5.13. The summed E-state index contributed by atoms with van der Waals surface area (Å²) in [4.78, 5) is 10.7. The summed E-state index contributed by atoms with van der Waals surface area (Å²) in [5.41, 5.74) is 0.255. The van der Waals surface area contributed by atoms with Gasteiger partial charge in [0.15, 0.2) is 0 Å². The van der Waals surface area contributed by atoms with Crippen molar-refractivity contribution in [3.05, 3.63) is 40.9 Å². The second-order valence-electron chi connectivity index (χ2n) is 4.55. The number of hydrogen-bond donors (Lipinski definition) is 2. The fraction of sp³-hybridized carbons (Fsp3) is 0.231.